The Morgan fingerprint density at radius 2 is 1.89 bits per heavy atom. The molecule has 0 N–H and O–H groups in total. The van der Waals surface area contributed by atoms with Crippen LogP contribution in [0.15, 0.2) is 29.2 Å². The lowest BCUT2D eigenvalue weighted by atomic mass is 9.90. The van der Waals surface area contributed by atoms with Crippen molar-refractivity contribution in [3.63, 3.8) is 0 Å². The van der Waals surface area contributed by atoms with Gasteiger partial charge in [0.1, 0.15) is 0 Å². The van der Waals surface area contributed by atoms with E-state index in [1.807, 2.05) is 6.92 Å². The van der Waals surface area contributed by atoms with Gasteiger partial charge in [0.15, 0.2) is 0 Å². The van der Waals surface area contributed by atoms with E-state index in [-0.39, 0.29) is 4.90 Å². The maximum Gasteiger partial charge on any atom is 0.296 e. The minimum atomic E-state index is -3.58. The second kappa shape index (κ2) is 4.91. The molecule has 0 aliphatic heterocycles. The lowest BCUT2D eigenvalue weighted by Crippen LogP contribution is -2.19. The zero-order chi connectivity index (χ0) is 13.5. The van der Waals surface area contributed by atoms with Crippen LogP contribution in [0, 0.1) is 24.7 Å². The first-order valence-electron chi connectivity index (χ1n) is 7.01. The molecule has 2 bridgehead atoms. The lowest BCUT2D eigenvalue weighted by Gasteiger charge is -2.21. The zero-order valence-corrected chi connectivity index (χ0v) is 12.0. The summed E-state index contributed by atoms with van der Waals surface area (Å²) >= 11 is 0. The predicted octanol–water partition coefficient (Wildman–Crippen LogP) is 3.14. The zero-order valence-electron chi connectivity index (χ0n) is 11.2. The van der Waals surface area contributed by atoms with E-state index in [0.717, 1.165) is 17.9 Å². The van der Waals surface area contributed by atoms with E-state index < -0.39 is 10.1 Å². The Bertz CT molecular complexity index is 547. The van der Waals surface area contributed by atoms with Crippen molar-refractivity contribution in [1.29, 1.82) is 0 Å². The van der Waals surface area contributed by atoms with Crippen molar-refractivity contribution in [3.05, 3.63) is 29.8 Å². The molecule has 1 aromatic carbocycles. The highest BCUT2D eigenvalue weighted by Crippen LogP contribution is 2.48. The topological polar surface area (TPSA) is 43.4 Å². The monoisotopic (exact) mass is 280 g/mol. The third kappa shape index (κ3) is 2.70. The van der Waals surface area contributed by atoms with Gasteiger partial charge in [0.2, 0.25) is 0 Å². The maximum absolute atomic E-state index is 12.1. The summed E-state index contributed by atoms with van der Waals surface area (Å²) in [4.78, 5) is 0.265. The summed E-state index contributed by atoms with van der Waals surface area (Å²) in [6, 6.07) is 6.83. The van der Waals surface area contributed by atoms with Crippen molar-refractivity contribution >= 4 is 10.1 Å². The molecule has 2 aliphatic carbocycles. The Labute approximate surface area is 115 Å². The first-order chi connectivity index (χ1) is 9.04. The van der Waals surface area contributed by atoms with Crippen LogP contribution < -0.4 is 0 Å². The maximum atomic E-state index is 12.1. The molecule has 3 unspecified atom stereocenters. The molecule has 19 heavy (non-hydrogen) atoms. The Kier molecular flexibility index (Phi) is 3.39. The molecule has 2 saturated carbocycles. The number of benzene rings is 1. The summed E-state index contributed by atoms with van der Waals surface area (Å²) in [6.07, 6.45) is 5.00. The molecule has 0 saturated heterocycles. The van der Waals surface area contributed by atoms with Crippen molar-refractivity contribution in [2.24, 2.45) is 17.8 Å². The van der Waals surface area contributed by atoms with Gasteiger partial charge < -0.3 is 0 Å². The van der Waals surface area contributed by atoms with Crippen molar-refractivity contribution in [2.45, 2.75) is 37.5 Å². The summed E-state index contributed by atoms with van der Waals surface area (Å²) in [6.45, 7) is 2.30. The SMILES string of the molecule is Cc1ccc(S(=O)(=O)OCC2CC3CCC2C3)cc1. The van der Waals surface area contributed by atoms with E-state index in [0.29, 0.717) is 18.4 Å². The quantitative estimate of drug-likeness (QED) is 0.796. The molecule has 0 spiro atoms. The van der Waals surface area contributed by atoms with E-state index in [1.165, 1.54) is 19.3 Å². The van der Waals surface area contributed by atoms with Gasteiger partial charge in [-0.3, -0.25) is 4.18 Å². The molecule has 3 rings (SSSR count). The Balaban J connectivity index is 1.64. The van der Waals surface area contributed by atoms with Crippen molar-refractivity contribution in [3.8, 4) is 0 Å². The Morgan fingerprint density at radius 3 is 2.47 bits per heavy atom. The molecule has 2 fully saturated rings. The molecule has 0 amide bonds. The third-order valence-corrected chi connectivity index (χ3v) is 5.93. The molecule has 0 radical (unpaired) electrons. The number of hydrogen-bond acceptors (Lipinski definition) is 3. The number of aryl methyl sites for hydroxylation is 1. The van der Waals surface area contributed by atoms with Gasteiger partial charge >= 0.3 is 0 Å². The second-order valence-corrected chi connectivity index (χ2v) is 7.60. The van der Waals surface area contributed by atoms with Crippen LogP contribution in [0.3, 0.4) is 0 Å². The fourth-order valence-electron chi connectivity index (χ4n) is 3.53. The summed E-state index contributed by atoms with van der Waals surface area (Å²) < 4.78 is 29.4. The number of rotatable bonds is 4. The summed E-state index contributed by atoms with van der Waals surface area (Å²) in [7, 11) is -3.58. The largest absolute Gasteiger partial charge is 0.296 e. The van der Waals surface area contributed by atoms with Crippen LogP contribution in [0.4, 0.5) is 0 Å². The minimum Gasteiger partial charge on any atom is -0.266 e. The Hall–Kier alpha value is -0.870. The van der Waals surface area contributed by atoms with Gasteiger partial charge in [-0.2, -0.15) is 8.42 Å². The number of hydrogen-bond donors (Lipinski definition) is 0. The van der Waals surface area contributed by atoms with Gasteiger partial charge in [0.05, 0.1) is 11.5 Å². The smallest absolute Gasteiger partial charge is 0.266 e. The molecule has 2 aliphatic rings. The molecular formula is C15H20O3S. The lowest BCUT2D eigenvalue weighted by molar-refractivity contribution is 0.200. The average Bonchev–Trinajstić information content (AvgIpc) is 2.99. The van der Waals surface area contributed by atoms with E-state index in [1.54, 1.807) is 24.3 Å². The molecule has 104 valence electrons. The van der Waals surface area contributed by atoms with E-state index in [2.05, 4.69) is 0 Å². The average molecular weight is 280 g/mol. The van der Waals surface area contributed by atoms with Gasteiger partial charge in [-0.1, -0.05) is 24.1 Å². The summed E-state index contributed by atoms with van der Waals surface area (Å²) in [5, 5.41) is 0. The van der Waals surface area contributed by atoms with E-state index in [9.17, 15) is 8.42 Å². The summed E-state index contributed by atoms with van der Waals surface area (Å²) in [5.41, 5.74) is 1.05. The van der Waals surface area contributed by atoms with Crippen molar-refractivity contribution < 1.29 is 12.6 Å². The van der Waals surface area contributed by atoms with Crippen molar-refractivity contribution in [1.82, 2.24) is 0 Å². The van der Waals surface area contributed by atoms with Crippen LogP contribution in [0.25, 0.3) is 0 Å². The van der Waals surface area contributed by atoms with E-state index >= 15 is 0 Å². The van der Waals surface area contributed by atoms with Gasteiger partial charge in [-0.05, 0) is 56.1 Å². The Morgan fingerprint density at radius 1 is 1.16 bits per heavy atom. The third-order valence-electron chi connectivity index (χ3n) is 4.63. The van der Waals surface area contributed by atoms with Gasteiger partial charge in [0.25, 0.3) is 10.1 Å². The van der Waals surface area contributed by atoms with Gasteiger partial charge in [0, 0.05) is 0 Å². The van der Waals surface area contributed by atoms with Crippen LogP contribution in [-0.2, 0) is 14.3 Å². The van der Waals surface area contributed by atoms with Crippen LogP contribution >= 0.6 is 0 Å². The molecular weight excluding hydrogens is 260 g/mol. The highest BCUT2D eigenvalue weighted by Gasteiger charge is 2.40. The van der Waals surface area contributed by atoms with Gasteiger partial charge in [-0.15, -0.1) is 0 Å². The van der Waals surface area contributed by atoms with Gasteiger partial charge in [-0.25, -0.2) is 0 Å². The van der Waals surface area contributed by atoms with Crippen molar-refractivity contribution in [2.75, 3.05) is 6.61 Å². The molecule has 3 atom stereocenters. The fourth-order valence-corrected chi connectivity index (χ4v) is 4.49. The first kappa shape index (κ1) is 13.1. The van der Waals surface area contributed by atoms with Crippen LogP contribution in [-0.4, -0.2) is 15.0 Å². The predicted molar refractivity (Wildman–Crippen MR) is 73.3 cm³/mol. The summed E-state index contributed by atoms with van der Waals surface area (Å²) in [5.74, 6) is 1.96. The van der Waals surface area contributed by atoms with Crippen LogP contribution in [0.1, 0.15) is 31.2 Å². The second-order valence-electron chi connectivity index (χ2n) is 5.99. The normalized spacial score (nSPS) is 29.8. The van der Waals surface area contributed by atoms with Crippen LogP contribution in [0.2, 0.25) is 0 Å². The highest BCUT2D eigenvalue weighted by atomic mass is 32.2. The first-order valence-corrected chi connectivity index (χ1v) is 8.41. The molecule has 0 aromatic heterocycles. The minimum absolute atomic E-state index is 0.265. The number of fused-ring (bicyclic) bond motifs is 2. The van der Waals surface area contributed by atoms with Crippen LogP contribution in [0.5, 0.6) is 0 Å². The standard InChI is InChI=1S/C15H20O3S/c1-11-2-6-15(7-3-11)19(16,17)18-10-14-9-12-4-5-13(14)8-12/h2-3,6-7,12-14H,4-5,8-10H2,1H3. The molecule has 4 heteroatoms. The highest BCUT2D eigenvalue weighted by molar-refractivity contribution is 7.86. The van der Waals surface area contributed by atoms with E-state index in [4.69, 9.17) is 4.18 Å². The molecule has 1 aromatic rings. The fraction of sp³-hybridized carbons (Fsp3) is 0.600. The molecule has 3 nitrogen and oxygen atoms in total. The molecule has 0 heterocycles.